The van der Waals surface area contributed by atoms with Gasteiger partial charge in [-0.05, 0) is 12.8 Å². The lowest BCUT2D eigenvalue weighted by molar-refractivity contribution is -0.149. The third-order valence-electron chi connectivity index (χ3n) is 3.56. The number of carboxylic acid groups (broad SMARTS) is 2. The number of aliphatic carboxylic acids is 2. The van der Waals surface area contributed by atoms with Gasteiger partial charge in [-0.2, -0.15) is 0 Å². The summed E-state index contributed by atoms with van der Waals surface area (Å²) in [6.07, 6.45) is 1.17. The molecule has 1 fully saturated rings. The Bertz CT molecular complexity index is 384. The molecule has 0 aliphatic carbocycles. The zero-order chi connectivity index (χ0) is 14.6. The van der Waals surface area contributed by atoms with Crippen LogP contribution >= 0.6 is 0 Å². The van der Waals surface area contributed by atoms with Crippen LogP contribution in [0, 0.1) is 5.41 Å². The summed E-state index contributed by atoms with van der Waals surface area (Å²) in [6, 6.07) is -1.11. The first kappa shape index (κ1) is 15.4. The molecule has 7 heteroatoms. The second-order valence-corrected chi connectivity index (χ2v) is 5.05. The Morgan fingerprint density at radius 3 is 2.47 bits per heavy atom. The van der Waals surface area contributed by atoms with Crippen molar-refractivity contribution in [3.63, 3.8) is 0 Å². The number of rotatable bonds is 6. The third-order valence-corrected chi connectivity index (χ3v) is 3.56. The van der Waals surface area contributed by atoms with E-state index in [1.165, 1.54) is 4.90 Å². The van der Waals surface area contributed by atoms with E-state index in [1.807, 2.05) is 6.92 Å². The lowest BCUT2D eigenvalue weighted by Gasteiger charge is -2.25. The van der Waals surface area contributed by atoms with E-state index >= 15 is 0 Å². The second kappa shape index (κ2) is 6.01. The third kappa shape index (κ3) is 3.44. The molecule has 0 spiro atoms. The van der Waals surface area contributed by atoms with Crippen molar-refractivity contribution in [1.29, 1.82) is 0 Å². The number of hydrogen-bond acceptors (Lipinski definition) is 4. The summed E-state index contributed by atoms with van der Waals surface area (Å²) in [5.74, 6) is -2.53. The molecule has 1 aliphatic rings. The molecular formula is C12H20N2O5. The molecule has 1 heterocycles. The molecule has 1 amide bonds. The molecule has 7 nitrogen and oxygen atoms in total. The highest BCUT2D eigenvalue weighted by molar-refractivity contribution is 5.87. The number of nitrogens with zero attached hydrogens (tertiary/aromatic N) is 1. The Morgan fingerprint density at radius 2 is 2.00 bits per heavy atom. The van der Waals surface area contributed by atoms with E-state index in [2.05, 4.69) is 0 Å². The second-order valence-electron chi connectivity index (χ2n) is 5.05. The molecule has 0 aromatic rings. The minimum absolute atomic E-state index is 0.113. The molecule has 0 radical (unpaired) electrons. The van der Waals surface area contributed by atoms with Crippen LogP contribution in [0.5, 0.6) is 0 Å². The highest BCUT2D eigenvalue weighted by Crippen LogP contribution is 2.35. The zero-order valence-electron chi connectivity index (χ0n) is 11.0. The lowest BCUT2D eigenvalue weighted by Crippen LogP contribution is -2.45. The molecule has 4 N–H and O–H groups in total. The van der Waals surface area contributed by atoms with Crippen molar-refractivity contribution in [2.75, 3.05) is 13.1 Å². The van der Waals surface area contributed by atoms with Crippen molar-refractivity contribution < 1.29 is 24.6 Å². The van der Waals surface area contributed by atoms with Crippen molar-refractivity contribution in [2.45, 2.75) is 38.6 Å². The van der Waals surface area contributed by atoms with Gasteiger partial charge in [-0.3, -0.25) is 14.4 Å². The molecule has 0 aromatic heterocycles. The van der Waals surface area contributed by atoms with Crippen molar-refractivity contribution in [2.24, 2.45) is 11.1 Å². The van der Waals surface area contributed by atoms with E-state index in [0.29, 0.717) is 19.4 Å². The minimum Gasteiger partial charge on any atom is -0.481 e. The molecule has 0 bridgehead atoms. The Hall–Kier alpha value is -1.63. The SMILES string of the molecule is CCCC1(C(=O)O)CCN(C(=O)C(N)CC(=O)O)C1. The van der Waals surface area contributed by atoms with Gasteiger partial charge in [-0.1, -0.05) is 13.3 Å². The summed E-state index contributed by atoms with van der Waals surface area (Å²) < 4.78 is 0. The van der Waals surface area contributed by atoms with E-state index in [-0.39, 0.29) is 6.54 Å². The van der Waals surface area contributed by atoms with E-state index in [4.69, 9.17) is 10.8 Å². The minimum atomic E-state index is -1.14. The average Bonchev–Trinajstić information content (AvgIpc) is 2.73. The van der Waals surface area contributed by atoms with Gasteiger partial charge in [0.25, 0.3) is 0 Å². The summed E-state index contributed by atoms with van der Waals surface area (Å²) >= 11 is 0. The maximum absolute atomic E-state index is 11.9. The number of carboxylic acids is 2. The van der Waals surface area contributed by atoms with Gasteiger partial charge in [0.05, 0.1) is 17.9 Å². The summed E-state index contributed by atoms with van der Waals surface area (Å²) in [5, 5.41) is 17.9. The predicted octanol–water partition coefficient (Wildman–Crippen LogP) is -0.108. The number of carbonyl (C=O) groups is 3. The van der Waals surface area contributed by atoms with Crippen molar-refractivity contribution in [3.8, 4) is 0 Å². The van der Waals surface area contributed by atoms with Crippen LogP contribution in [-0.2, 0) is 14.4 Å². The highest BCUT2D eigenvalue weighted by atomic mass is 16.4. The predicted molar refractivity (Wildman–Crippen MR) is 66.4 cm³/mol. The molecular weight excluding hydrogens is 252 g/mol. The summed E-state index contributed by atoms with van der Waals surface area (Å²) in [6.45, 7) is 2.33. The van der Waals surface area contributed by atoms with Gasteiger partial charge >= 0.3 is 11.9 Å². The van der Waals surface area contributed by atoms with Crippen molar-refractivity contribution >= 4 is 17.8 Å². The normalized spacial score (nSPS) is 24.2. The smallest absolute Gasteiger partial charge is 0.311 e. The molecule has 1 rings (SSSR count). The van der Waals surface area contributed by atoms with E-state index in [9.17, 15) is 19.5 Å². The molecule has 1 saturated heterocycles. The van der Waals surface area contributed by atoms with Crippen LogP contribution in [0.3, 0.4) is 0 Å². The topological polar surface area (TPSA) is 121 Å². The number of hydrogen-bond donors (Lipinski definition) is 3. The maximum atomic E-state index is 11.9. The lowest BCUT2D eigenvalue weighted by atomic mass is 9.83. The summed E-state index contributed by atoms with van der Waals surface area (Å²) in [5.41, 5.74) is 4.61. The number of amides is 1. The first-order chi connectivity index (χ1) is 8.82. The van der Waals surface area contributed by atoms with Gasteiger partial charge in [0.1, 0.15) is 0 Å². The quantitative estimate of drug-likeness (QED) is 0.620. The largest absolute Gasteiger partial charge is 0.481 e. The van der Waals surface area contributed by atoms with Crippen molar-refractivity contribution in [1.82, 2.24) is 4.90 Å². The van der Waals surface area contributed by atoms with Gasteiger partial charge < -0.3 is 20.8 Å². The van der Waals surface area contributed by atoms with Crippen LogP contribution in [0.4, 0.5) is 0 Å². The van der Waals surface area contributed by atoms with Crippen molar-refractivity contribution in [3.05, 3.63) is 0 Å². The monoisotopic (exact) mass is 272 g/mol. The molecule has 2 atom stereocenters. The fraction of sp³-hybridized carbons (Fsp3) is 0.750. The number of likely N-dealkylation sites (tertiary alicyclic amines) is 1. The number of nitrogens with two attached hydrogens (primary N) is 1. The molecule has 0 saturated carbocycles. The summed E-state index contributed by atoms with van der Waals surface area (Å²) in [4.78, 5) is 35.2. The molecule has 2 unspecified atom stereocenters. The highest BCUT2D eigenvalue weighted by Gasteiger charge is 2.46. The first-order valence-electron chi connectivity index (χ1n) is 6.32. The Morgan fingerprint density at radius 1 is 1.37 bits per heavy atom. The molecule has 0 aromatic carbocycles. The van der Waals surface area contributed by atoms with E-state index in [1.54, 1.807) is 0 Å². The number of carbonyl (C=O) groups excluding carboxylic acids is 1. The average molecular weight is 272 g/mol. The van der Waals surface area contributed by atoms with Gasteiger partial charge in [-0.15, -0.1) is 0 Å². The molecule has 1 aliphatic heterocycles. The first-order valence-corrected chi connectivity index (χ1v) is 6.32. The van der Waals surface area contributed by atoms with E-state index < -0.39 is 35.7 Å². The van der Waals surface area contributed by atoms with E-state index in [0.717, 1.165) is 6.42 Å². The van der Waals surface area contributed by atoms with Gasteiger partial charge in [-0.25, -0.2) is 0 Å². The standard InChI is InChI=1S/C12H20N2O5/c1-2-3-12(11(18)19)4-5-14(7-12)10(17)8(13)6-9(15)16/h8H,2-7,13H2,1H3,(H,15,16)(H,18,19). The zero-order valence-corrected chi connectivity index (χ0v) is 11.0. The van der Waals surface area contributed by atoms with Gasteiger partial charge in [0.2, 0.25) is 5.91 Å². The summed E-state index contributed by atoms with van der Waals surface area (Å²) in [7, 11) is 0. The van der Waals surface area contributed by atoms with Gasteiger partial charge in [0.15, 0.2) is 0 Å². The Balaban J connectivity index is 2.71. The van der Waals surface area contributed by atoms with Gasteiger partial charge in [0, 0.05) is 13.1 Å². The van der Waals surface area contributed by atoms with Crippen LogP contribution < -0.4 is 5.73 Å². The fourth-order valence-electron chi connectivity index (χ4n) is 2.53. The van der Waals surface area contributed by atoms with Crippen LogP contribution in [0.25, 0.3) is 0 Å². The molecule has 108 valence electrons. The van der Waals surface area contributed by atoms with Crippen LogP contribution in [0.1, 0.15) is 32.6 Å². The van der Waals surface area contributed by atoms with Crippen LogP contribution in [-0.4, -0.2) is 52.1 Å². The van der Waals surface area contributed by atoms with Crippen LogP contribution in [0.2, 0.25) is 0 Å². The fourth-order valence-corrected chi connectivity index (χ4v) is 2.53. The van der Waals surface area contributed by atoms with Crippen LogP contribution in [0.15, 0.2) is 0 Å². The Labute approximate surface area is 111 Å². The maximum Gasteiger partial charge on any atom is 0.311 e. The molecule has 19 heavy (non-hydrogen) atoms. The Kier molecular flexibility index (Phi) is 4.88.